The number of hydrogen-bond acceptors (Lipinski definition) is 4. The standard InChI is InChI=1S/C17H24N2O4/c20-16(10-19-8-2-1-6-17(19)21)18-14-7-9-22-12-15(14)23-11-13-4-3-5-13/h1-2,6,8,13-15H,3-5,7,9-12H2,(H,18,20)/t14-,15-/m1/s1. The van der Waals surface area contributed by atoms with E-state index >= 15 is 0 Å². The molecule has 0 spiro atoms. The third kappa shape index (κ3) is 4.42. The molecule has 0 aromatic carbocycles. The maximum absolute atomic E-state index is 12.2. The maximum atomic E-state index is 12.2. The molecule has 1 aromatic heterocycles. The lowest BCUT2D eigenvalue weighted by Crippen LogP contribution is -2.51. The summed E-state index contributed by atoms with van der Waals surface area (Å²) in [6.07, 6.45) is 6.03. The molecule has 1 aliphatic heterocycles. The van der Waals surface area contributed by atoms with Gasteiger partial charge in [-0.25, -0.2) is 0 Å². The van der Waals surface area contributed by atoms with Crippen molar-refractivity contribution in [2.45, 2.75) is 44.4 Å². The predicted molar refractivity (Wildman–Crippen MR) is 85.1 cm³/mol. The molecule has 2 atom stereocenters. The third-order valence-corrected chi connectivity index (χ3v) is 4.63. The first-order valence-corrected chi connectivity index (χ1v) is 8.36. The van der Waals surface area contributed by atoms with Crippen LogP contribution in [-0.4, -0.2) is 42.4 Å². The molecular formula is C17H24N2O4. The first-order chi connectivity index (χ1) is 11.2. The molecule has 1 amide bonds. The predicted octanol–water partition coefficient (Wildman–Crippen LogP) is 0.939. The van der Waals surface area contributed by atoms with Gasteiger partial charge in [-0.1, -0.05) is 12.5 Å². The first-order valence-electron chi connectivity index (χ1n) is 8.36. The summed E-state index contributed by atoms with van der Waals surface area (Å²) in [6.45, 7) is 1.92. The van der Waals surface area contributed by atoms with Gasteiger partial charge in [0.25, 0.3) is 5.56 Å². The summed E-state index contributed by atoms with van der Waals surface area (Å²) >= 11 is 0. The number of pyridine rings is 1. The molecule has 1 N–H and O–H groups in total. The number of nitrogens with one attached hydrogen (secondary N) is 1. The van der Waals surface area contributed by atoms with Crippen LogP contribution in [0.15, 0.2) is 29.2 Å². The van der Waals surface area contributed by atoms with E-state index in [1.54, 1.807) is 18.3 Å². The highest BCUT2D eigenvalue weighted by atomic mass is 16.5. The van der Waals surface area contributed by atoms with Crippen LogP contribution in [0.1, 0.15) is 25.7 Å². The van der Waals surface area contributed by atoms with Gasteiger partial charge in [-0.05, 0) is 31.2 Å². The Kier molecular flexibility index (Phi) is 5.46. The summed E-state index contributed by atoms with van der Waals surface area (Å²) in [6, 6.07) is 4.81. The summed E-state index contributed by atoms with van der Waals surface area (Å²) in [7, 11) is 0. The number of amides is 1. The van der Waals surface area contributed by atoms with Crippen molar-refractivity contribution in [3.63, 3.8) is 0 Å². The number of nitrogens with zero attached hydrogens (tertiary/aromatic N) is 1. The Balaban J connectivity index is 1.52. The van der Waals surface area contributed by atoms with Crippen molar-refractivity contribution < 1.29 is 14.3 Å². The van der Waals surface area contributed by atoms with Gasteiger partial charge >= 0.3 is 0 Å². The van der Waals surface area contributed by atoms with E-state index in [0.29, 0.717) is 19.1 Å². The van der Waals surface area contributed by atoms with E-state index < -0.39 is 0 Å². The van der Waals surface area contributed by atoms with Crippen LogP contribution in [0.3, 0.4) is 0 Å². The molecule has 0 bridgehead atoms. The fraction of sp³-hybridized carbons (Fsp3) is 0.647. The van der Waals surface area contributed by atoms with Gasteiger partial charge in [0.2, 0.25) is 5.91 Å². The maximum Gasteiger partial charge on any atom is 0.250 e. The smallest absolute Gasteiger partial charge is 0.250 e. The Bertz CT molecular complexity index is 582. The Hall–Kier alpha value is -1.66. The van der Waals surface area contributed by atoms with E-state index in [9.17, 15) is 9.59 Å². The van der Waals surface area contributed by atoms with Crippen LogP contribution in [0.25, 0.3) is 0 Å². The molecule has 23 heavy (non-hydrogen) atoms. The summed E-state index contributed by atoms with van der Waals surface area (Å²) in [5, 5.41) is 3.00. The van der Waals surface area contributed by atoms with Crippen LogP contribution in [0.2, 0.25) is 0 Å². The molecule has 2 heterocycles. The average molecular weight is 320 g/mol. The van der Waals surface area contributed by atoms with Gasteiger partial charge in [-0.3, -0.25) is 9.59 Å². The molecular weight excluding hydrogens is 296 g/mol. The second-order valence-corrected chi connectivity index (χ2v) is 6.37. The Morgan fingerprint density at radius 2 is 2.22 bits per heavy atom. The number of aromatic nitrogens is 1. The SMILES string of the molecule is O=C(Cn1ccccc1=O)N[C@@H]1CCOC[C@H]1OCC1CCC1. The molecule has 0 radical (unpaired) electrons. The highest BCUT2D eigenvalue weighted by Crippen LogP contribution is 2.27. The molecule has 126 valence electrons. The van der Waals surface area contributed by atoms with E-state index in [0.717, 1.165) is 13.0 Å². The molecule has 2 fully saturated rings. The van der Waals surface area contributed by atoms with E-state index in [-0.39, 0.29) is 30.2 Å². The van der Waals surface area contributed by atoms with Crippen LogP contribution in [0.4, 0.5) is 0 Å². The van der Waals surface area contributed by atoms with Gasteiger partial charge in [0.05, 0.1) is 12.6 Å². The minimum absolute atomic E-state index is 0.0341. The molecule has 1 saturated carbocycles. The number of carbonyl (C=O) groups is 1. The lowest BCUT2D eigenvalue weighted by atomic mass is 9.86. The Morgan fingerprint density at radius 1 is 1.35 bits per heavy atom. The molecule has 3 rings (SSSR count). The molecule has 0 unspecified atom stereocenters. The van der Waals surface area contributed by atoms with Crippen molar-refractivity contribution in [2.75, 3.05) is 19.8 Å². The van der Waals surface area contributed by atoms with Gasteiger partial charge in [0, 0.05) is 25.5 Å². The largest absolute Gasteiger partial charge is 0.379 e. The summed E-state index contributed by atoms with van der Waals surface area (Å²) in [5.41, 5.74) is -0.174. The minimum Gasteiger partial charge on any atom is -0.379 e. The van der Waals surface area contributed by atoms with Crippen LogP contribution in [0, 0.1) is 5.92 Å². The van der Waals surface area contributed by atoms with Crippen LogP contribution >= 0.6 is 0 Å². The van der Waals surface area contributed by atoms with E-state index in [4.69, 9.17) is 9.47 Å². The number of hydrogen-bond donors (Lipinski definition) is 1. The van der Waals surface area contributed by atoms with E-state index in [1.165, 1.54) is 29.9 Å². The topological polar surface area (TPSA) is 69.6 Å². The molecule has 2 aliphatic rings. The lowest BCUT2D eigenvalue weighted by molar-refractivity contribution is -0.127. The molecule has 1 aliphatic carbocycles. The van der Waals surface area contributed by atoms with E-state index in [2.05, 4.69) is 5.32 Å². The fourth-order valence-corrected chi connectivity index (χ4v) is 2.96. The number of rotatable bonds is 6. The van der Waals surface area contributed by atoms with Crippen molar-refractivity contribution in [1.29, 1.82) is 0 Å². The van der Waals surface area contributed by atoms with Gasteiger partial charge < -0.3 is 19.4 Å². The second kappa shape index (κ2) is 7.75. The van der Waals surface area contributed by atoms with Gasteiger partial charge in [-0.2, -0.15) is 0 Å². The van der Waals surface area contributed by atoms with Crippen LogP contribution < -0.4 is 10.9 Å². The number of carbonyl (C=O) groups excluding carboxylic acids is 1. The average Bonchev–Trinajstić information content (AvgIpc) is 2.50. The Morgan fingerprint density at radius 3 is 2.96 bits per heavy atom. The van der Waals surface area contributed by atoms with Crippen molar-refractivity contribution in [3.8, 4) is 0 Å². The highest BCUT2D eigenvalue weighted by molar-refractivity contribution is 5.76. The van der Waals surface area contributed by atoms with Crippen LogP contribution in [0.5, 0.6) is 0 Å². The van der Waals surface area contributed by atoms with Crippen molar-refractivity contribution in [2.24, 2.45) is 5.92 Å². The van der Waals surface area contributed by atoms with Gasteiger partial charge in [-0.15, -0.1) is 0 Å². The zero-order chi connectivity index (χ0) is 16.1. The second-order valence-electron chi connectivity index (χ2n) is 6.37. The van der Waals surface area contributed by atoms with Gasteiger partial charge in [0.1, 0.15) is 12.6 Å². The Labute approximate surface area is 135 Å². The highest BCUT2D eigenvalue weighted by Gasteiger charge is 2.29. The number of ether oxygens (including phenoxy) is 2. The zero-order valence-corrected chi connectivity index (χ0v) is 13.3. The normalized spacial score (nSPS) is 24.9. The molecule has 1 aromatic rings. The van der Waals surface area contributed by atoms with Crippen molar-refractivity contribution in [1.82, 2.24) is 9.88 Å². The molecule has 1 saturated heterocycles. The summed E-state index contributed by atoms with van der Waals surface area (Å²) < 4.78 is 12.9. The summed E-state index contributed by atoms with van der Waals surface area (Å²) in [5.74, 6) is 0.499. The molecule has 6 heteroatoms. The van der Waals surface area contributed by atoms with Crippen molar-refractivity contribution in [3.05, 3.63) is 34.7 Å². The minimum atomic E-state index is -0.174. The van der Waals surface area contributed by atoms with Crippen LogP contribution in [-0.2, 0) is 20.8 Å². The lowest BCUT2D eigenvalue weighted by Gasteiger charge is -2.34. The monoisotopic (exact) mass is 320 g/mol. The first kappa shape index (κ1) is 16.2. The molecule has 6 nitrogen and oxygen atoms in total. The quantitative estimate of drug-likeness (QED) is 0.847. The van der Waals surface area contributed by atoms with E-state index in [1.807, 2.05) is 0 Å². The third-order valence-electron chi connectivity index (χ3n) is 4.63. The zero-order valence-electron chi connectivity index (χ0n) is 13.3. The van der Waals surface area contributed by atoms with Gasteiger partial charge in [0.15, 0.2) is 0 Å². The fourth-order valence-electron chi connectivity index (χ4n) is 2.96. The summed E-state index contributed by atoms with van der Waals surface area (Å²) in [4.78, 5) is 23.9. The van der Waals surface area contributed by atoms with Crippen molar-refractivity contribution >= 4 is 5.91 Å².